The second kappa shape index (κ2) is 9.36. The number of carboxylic acids is 2. The van der Waals surface area contributed by atoms with Crippen molar-refractivity contribution in [2.24, 2.45) is 10.8 Å². The lowest BCUT2D eigenvalue weighted by Crippen LogP contribution is -2.45. The summed E-state index contributed by atoms with van der Waals surface area (Å²) >= 11 is 0. The van der Waals surface area contributed by atoms with Gasteiger partial charge in [0, 0.05) is 41.3 Å². The molecule has 0 unspecified atom stereocenters. The van der Waals surface area contributed by atoms with Crippen molar-refractivity contribution in [1.29, 1.82) is 0 Å². The van der Waals surface area contributed by atoms with Gasteiger partial charge in [-0.15, -0.1) is 0 Å². The van der Waals surface area contributed by atoms with Crippen molar-refractivity contribution in [1.82, 2.24) is 4.90 Å². The highest BCUT2D eigenvalue weighted by atomic mass is 16.5. The number of nitrogens with zero attached hydrogens (tertiary/aromatic N) is 1. The lowest BCUT2D eigenvalue weighted by atomic mass is 9.63. The zero-order valence-electron chi connectivity index (χ0n) is 21.8. The molecule has 0 spiro atoms. The normalized spacial score (nSPS) is 20.9. The van der Waals surface area contributed by atoms with Crippen LogP contribution in [-0.4, -0.2) is 58.9 Å². The number of aliphatic carboxylic acids is 2. The van der Waals surface area contributed by atoms with Crippen LogP contribution in [0.1, 0.15) is 64.9 Å². The number of Topliss-reactive ketones (excluding diaryl/α,β-unsaturated/α-hetero) is 2. The molecule has 0 atom stereocenters. The summed E-state index contributed by atoms with van der Waals surface area (Å²) in [7, 11) is 1.43. The summed E-state index contributed by atoms with van der Waals surface area (Å²) in [5.74, 6) is -2.56. The van der Waals surface area contributed by atoms with Crippen LogP contribution in [0.4, 0.5) is 0 Å². The van der Waals surface area contributed by atoms with E-state index in [9.17, 15) is 24.3 Å². The Hall–Kier alpha value is -3.62. The van der Waals surface area contributed by atoms with E-state index in [1.807, 2.05) is 27.7 Å². The molecule has 3 aliphatic rings. The average molecular weight is 512 g/mol. The molecular weight excluding hydrogens is 478 g/mol. The Kier molecular flexibility index (Phi) is 6.69. The van der Waals surface area contributed by atoms with E-state index in [0.717, 1.165) is 0 Å². The van der Waals surface area contributed by atoms with Crippen LogP contribution in [0.2, 0.25) is 0 Å². The van der Waals surface area contributed by atoms with Crippen molar-refractivity contribution < 1.29 is 38.9 Å². The minimum atomic E-state index is -1.13. The molecule has 0 amide bonds. The minimum Gasteiger partial charge on any atom is -0.493 e. The van der Waals surface area contributed by atoms with Gasteiger partial charge in [0.05, 0.1) is 7.11 Å². The summed E-state index contributed by atoms with van der Waals surface area (Å²) < 4.78 is 10.8. The van der Waals surface area contributed by atoms with E-state index in [4.69, 9.17) is 14.6 Å². The van der Waals surface area contributed by atoms with Crippen LogP contribution in [0.5, 0.6) is 11.5 Å². The van der Waals surface area contributed by atoms with E-state index in [1.54, 1.807) is 23.1 Å². The highest BCUT2D eigenvalue weighted by molar-refractivity contribution is 6.07. The van der Waals surface area contributed by atoms with Crippen molar-refractivity contribution in [3.63, 3.8) is 0 Å². The topological polar surface area (TPSA) is 130 Å². The SMILES string of the molecule is COc1cc(C2C3=C(CC(C)(C)CC3=O)N(CC(=O)O)C3=C2C(=O)CC(C)(C)C3)ccc1OCC(=O)O. The maximum absolute atomic E-state index is 13.7. The Morgan fingerprint density at radius 1 is 0.892 bits per heavy atom. The zero-order valence-corrected chi connectivity index (χ0v) is 21.8. The third-order valence-electron chi connectivity index (χ3n) is 7.19. The molecule has 1 heterocycles. The van der Waals surface area contributed by atoms with Crippen molar-refractivity contribution in [2.75, 3.05) is 20.3 Å². The molecule has 37 heavy (non-hydrogen) atoms. The van der Waals surface area contributed by atoms with Gasteiger partial charge in [0.1, 0.15) is 6.54 Å². The zero-order chi connectivity index (χ0) is 27.3. The fourth-order valence-corrected chi connectivity index (χ4v) is 5.83. The van der Waals surface area contributed by atoms with Crippen molar-refractivity contribution in [2.45, 2.75) is 59.3 Å². The van der Waals surface area contributed by atoms with Crippen molar-refractivity contribution >= 4 is 23.5 Å². The number of hydrogen-bond acceptors (Lipinski definition) is 7. The number of allylic oxidation sites excluding steroid dienone is 4. The number of benzene rings is 1. The summed E-state index contributed by atoms with van der Waals surface area (Å²) in [6.07, 6.45) is 1.56. The summed E-state index contributed by atoms with van der Waals surface area (Å²) in [6.45, 7) is 7.07. The lowest BCUT2D eigenvalue weighted by Gasteiger charge is -2.48. The molecule has 0 radical (unpaired) electrons. The molecule has 9 heteroatoms. The van der Waals surface area contributed by atoms with Crippen molar-refractivity contribution in [3.8, 4) is 11.5 Å². The standard InChI is InChI=1S/C28H33NO8/c1-27(2)9-16-25(18(30)11-27)24(15-6-7-20(21(8-15)36-5)37-14-23(34)35)26-17(29(16)13-22(32)33)10-28(3,4)12-19(26)31/h6-8,24H,9-14H2,1-5H3,(H,32,33)(H,34,35). The van der Waals surface area contributed by atoms with E-state index >= 15 is 0 Å². The van der Waals surface area contributed by atoms with Crippen LogP contribution in [0.15, 0.2) is 40.7 Å². The Labute approximate surface area is 215 Å². The van der Waals surface area contributed by atoms with Crippen LogP contribution in [0.3, 0.4) is 0 Å². The summed E-state index contributed by atoms with van der Waals surface area (Å²) in [6, 6.07) is 4.96. The highest BCUT2D eigenvalue weighted by Gasteiger charge is 2.49. The molecule has 0 fully saturated rings. The molecule has 4 rings (SSSR count). The molecular formula is C28H33NO8. The fraction of sp³-hybridized carbons (Fsp3) is 0.500. The van der Waals surface area contributed by atoms with Gasteiger partial charge in [-0.05, 0) is 41.4 Å². The molecule has 1 aliphatic heterocycles. The van der Waals surface area contributed by atoms with E-state index in [2.05, 4.69) is 0 Å². The third-order valence-corrected chi connectivity index (χ3v) is 7.19. The van der Waals surface area contributed by atoms with Crippen LogP contribution >= 0.6 is 0 Å². The van der Waals surface area contributed by atoms with Gasteiger partial charge in [0.25, 0.3) is 0 Å². The Morgan fingerprint density at radius 3 is 1.89 bits per heavy atom. The van der Waals surface area contributed by atoms with Gasteiger partial charge in [-0.2, -0.15) is 0 Å². The van der Waals surface area contributed by atoms with E-state index in [0.29, 0.717) is 40.9 Å². The Bertz CT molecular complexity index is 1200. The van der Waals surface area contributed by atoms with E-state index < -0.39 is 24.5 Å². The Balaban J connectivity index is 1.95. The van der Waals surface area contributed by atoms with Crippen LogP contribution in [-0.2, 0) is 19.2 Å². The van der Waals surface area contributed by atoms with Crippen LogP contribution in [0.25, 0.3) is 0 Å². The van der Waals surface area contributed by atoms with Gasteiger partial charge < -0.3 is 24.6 Å². The quantitative estimate of drug-likeness (QED) is 0.559. The first kappa shape index (κ1) is 26.4. The molecule has 0 saturated heterocycles. The fourth-order valence-electron chi connectivity index (χ4n) is 5.83. The van der Waals surface area contributed by atoms with Crippen molar-refractivity contribution in [3.05, 3.63) is 46.3 Å². The lowest BCUT2D eigenvalue weighted by molar-refractivity contribution is -0.139. The summed E-state index contributed by atoms with van der Waals surface area (Å²) in [5, 5.41) is 18.8. The smallest absolute Gasteiger partial charge is 0.341 e. The molecule has 2 N–H and O–H groups in total. The van der Waals surface area contributed by atoms with Crippen LogP contribution in [0, 0.1) is 10.8 Å². The maximum Gasteiger partial charge on any atom is 0.341 e. The molecule has 198 valence electrons. The van der Waals surface area contributed by atoms with Gasteiger partial charge in [-0.25, -0.2) is 4.79 Å². The molecule has 9 nitrogen and oxygen atoms in total. The number of carbonyl (C=O) groups is 4. The number of carboxylic acid groups (broad SMARTS) is 2. The first-order chi connectivity index (χ1) is 17.2. The Morgan fingerprint density at radius 2 is 1.43 bits per heavy atom. The first-order valence-corrected chi connectivity index (χ1v) is 12.3. The number of methoxy groups -OCH3 is 1. The maximum atomic E-state index is 13.7. The van der Waals surface area contributed by atoms with Gasteiger partial charge >= 0.3 is 11.9 Å². The monoisotopic (exact) mass is 511 g/mol. The molecule has 0 bridgehead atoms. The largest absolute Gasteiger partial charge is 0.493 e. The summed E-state index contributed by atoms with van der Waals surface area (Å²) in [5.41, 5.74) is 2.12. The average Bonchev–Trinajstić information content (AvgIpc) is 2.76. The first-order valence-electron chi connectivity index (χ1n) is 12.3. The van der Waals surface area contributed by atoms with Crippen LogP contribution < -0.4 is 9.47 Å². The molecule has 2 aliphatic carbocycles. The predicted molar refractivity (Wildman–Crippen MR) is 133 cm³/mol. The highest BCUT2D eigenvalue weighted by Crippen LogP contribution is 2.54. The summed E-state index contributed by atoms with van der Waals surface area (Å²) in [4.78, 5) is 52.0. The number of ether oxygens (including phenoxy) is 2. The third kappa shape index (κ3) is 5.12. The number of ketones is 2. The van der Waals surface area contributed by atoms with E-state index in [-0.39, 0.29) is 53.3 Å². The second-order valence-corrected chi connectivity index (χ2v) is 11.6. The van der Waals surface area contributed by atoms with E-state index in [1.165, 1.54) is 7.11 Å². The number of hydrogen-bond donors (Lipinski definition) is 2. The minimum absolute atomic E-state index is 0.110. The van der Waals surface area contributed by atoms with Gasteiger partial charge in [0.15, 0.2) is 29.7 Å². The van der Waals surface area contributed by atoms with Gasteiger partial charge in [-0.3, -0.25) is 14.4 Å². The molecule has 0 aromatic heterocycles. The molecule has 1 aromatic rings. The predicted octanol–water partition coefficient (Wildman–Crippen LogP) is 3.93. The number of carbonyl (C=O) groups excluding carboxylic acids is 2. The second-order valence-electron chi connectivity index (χ2n) is 11.6. The molecule has 1 aromatic carbocycles. The number of rotatable bonds is 7. The van der Waals surface area contributed by atoms with Gasteiger partial charge in [-0.1, -0.05) is 33.8 Å². The molecule has 0 saturated carbocycles. The van der Waals surface area contributed by atoms with Gasteiger partial charge in [0.2, 0.25) is 0 Å².